The van der Waals surface area contributed by atoms with Crippen molar-refractivity contribution >= 4 is 0 Å². The number of rotatable bonds is 4. The molecule has 0 atom stereocenters. The van der Waals surface area contributed by atoms with E-state index in [2.05, 4.69) is 6.07 Å². The van der Waals surface area contributed by atoms with E-state index in [1.54, 1.807) is 0 Å². The average molecular weight is 197 g/mol. The highest BCUT2D eigenvalue weighted by atomic mass is 19.1. The summed E-state index contributed by atoms with van der Waals surface area (Å²) in [5, 5.41) is 0. The van der Waals surface area contributed by atoms with Gasteiger partial charge in [-0.3, -0.25) is 0 Å². The van der Waals surface area contributed by atoms with E-state index >= 15 is 0 Å². The van der Waals surface area contributed by atoms with Gasteiger partial charge < -0.3 is 9.47 Å². The molecule has 0 saturated heterocycles. The van der Waals surface area contributed by atoms with E-state index in [9.17, 15) is 4.39 Å². The van der Waals surface area contributed by atoms with Crippen molar-refractivity contribution in [1.82, 2.24) is 0 Å². The summed E-state index contributed by atoms with van der Waals surface area (Å²) in [5.41, 5.74) is 0. The lowest BCUT2D eigenvalue weighted by molar-refractivity contribution is 0.222. The smallest absolute Gasteiger partial charge is 0.164 e. The molecule has 0 aromatic heterocycles. The number of benzene rings is 1. The lowest BCUT2D eigenvalue weighted by Gasteiger charge is -2.13. The molecule has 0 amide bonds. The standard InChI is InChI=1S/C11H14FO2/c1-4-13-10-6-5-9(12)7-11(10)14-8(2)3/h6-8H,4H2,1-3H3. The molecule has 1 radical (unpaired) electrons. The SMILES string of the molecule is CCOc1c[c]c(F)cc1OC(C)C. The largest absolute Gasteiger partial charge is 0.490 e. The molecule has 77 valence electrons. The van der Waals surface area contributed by atoms with Gasteiger partial charge in [-0.1, -0.05) is 0 Å². The van der Waals surface area contributed by atoms with E-state index in [-0.39, 0.29) is 6.10 Å². The third-order valence-corrected chi connectivity index (χ3v) is 1.50. The highest BCUT2D eigenvalue weighted by Crippen LogP contribution is 2.28. The molecule has 0 unspecified atom stereocenters. The molecular formula is C11H14FO2. The third kappa shape index (κ3) is 2.91. The number of halogens is 1. The summed E-state index contributed by atoms with van der Waals surface area (Å²) >= 11 is 0. The quantitative estimate of drug-likeness (QED) is 0.739. The van der Waals surface area contributed by atoms with Crippen LogP contribution in [0.4, 0.5) is 4.39 Å². The van der Waals surface area contributed by atoms with Crippen molar-refractivity contribution < 1.29 is 13.9 Å². The molecule has 2 nitrogen and oxygen atoms in total. The zero-order valence-electron chi connectivity index (χ0n) is 8.63. The lowest BCUT2D eigenvalue weighted by Crippen LogP contribution is -2.07. The average Bonchev–Trinajstić information content (AvgIpc) is 2.09. The Bertz CT molecular complexity index is 297. The van der Waals surface area contributed by atoms with Gasteiger partial charge in [-0.15, -0.1) is 0 Å². The highest BCUT2D eigenvalue weighted by molar-refractivity contribution is 5.39. The van der Waals surface area contributed by atoms with Crippen LogP contribution in [0.5, 0.6) is 11.5 Å². The molecule has 0 aliphatic rings. The monoisotopic (exact) mass is 197 g/mol. The predicted molar refractivity (Wildman–Crippen MR) is 52.2 cm³/mol. The van der Waals surface area contributed by atoms with Gasteiger partial charge in [0.15, 0.2) is 11.5 Å². The van der Waals surface area contributed by atoms with Crippen LogP contribution in [0.1, 0.15) is 20.8 Å². The zero-order chi connectivity index (χ0) is 10.6. The summed E-state index contributed by atoms with van der Waals surface area (Å²) in [6.07, 6.45) is -0.00370. The molecule has 0 aliphatic heterocycles. The Morgan fingerprint density at radius 3 is 2.71 bits per heavy atom. The molecule has 0 aliphatic carbocycles. The van der Waals surface area contributed by atoms with Crippen LogP contribution >= 0.6 is 0 Å². The van der Waals surface area contributed by atoms with Gasteiger partial charge in [0.2, 0.25) is 0 Å². The first-order valence-corrected chi connectivity index (χ1v) is 4.64. The van der Waals surface area contributed by atoms with Gasteiger partial charge in [-0.05, 0) is 26.8 Å². The summed E-state index contributed by atoms with van der Waals surface area (Å²) in [5.74, 6) is 0.518. The van der Waals surface area contributed by atoms with E-state index in [0.29, 0.717) is 18.1 Å². The van der Waals surface area contributed by atoms with Gasteiger partial charge in [0, 0.05) is 12.1 Å². The van der Waals surface area contributed by atoms with E-state index < -0.39 is 5.82 Å². The first-order chi connectivity index (χ1) is 6.63. The minimum Gasteiger partial charge on any atom is -0.490 e. The van der Waals surface area contributed by atoms with E-state index in [1.165, 1.54) is 12.1 Å². The van der Waals surface area contributed by atoms with Gasteiger partial charge in [-0.2, -0.15) is 0 Å². The summed E-state index contributed by atoms with van der Waals surface area (Å²) in [6, 6.07) is 5.16. The van der Waals surface area contributed by atoms with E-state index in [0.717, 1.165) is 0 Å². The number of hydrogen-bond donors (Lipinski definition) is 0. The van der Waals surface area contributed by atoms with Crippen molar-refractivity contribution in [3.63, 3.8) is 0 Å². The molecule has 0 fully saturated rings. The molecule has 1 aromatic rings. The Kier molecular flexibility index (Phi) is 3.74. The lowest BCUT2D eigenvalue weighted by atomic mass is 10.3. The second-order valence-electron chi connectivity index (χ2n) is 3.11. The highest BCUT2D eigenvalue weighted by Gasteiger charge is 2.07. The van der Waals surface area contributed by atoms with Crippen LogP contribution in [0, 0.1) is 11.9 Å². The normalized spacial score (nSPS) is 10.4. The minimum absolute atomic E-state index is 0.00370. The molecule has 0 N–H and O–H groups in total. The molecule has 1 rings (SSSR count). The second-order valence-corrected chi connectivity index (χ2v) is 3.11. The Labute approximate surface area is 83.6 Å². The Morgan fingerprint density at radius 1 is 1.43 bits per heavy atom. The van der Waals surface area contributed by atoms with Crippen molar-refractivity contribution in [2.75, 3.05) is 6.61 Å². The third-order valence-electron chi connectivity index (χ3n) is 1.50. The van der Waals surface area contributed by atoms with Gasteiger partial charge in [0.1, 0.15) is 5.82 Å². The predicted octanol–water partition coefficient (Wildman–Crippen LogP) is 2.81. The van der Waals surface area contributed by atoms with Crippen molar-refractivity contribution in [3.05, 3.63) is 24.0 Å². The molecule has 3 heteroatoms. The summed E-state index contributed by atoms with van der Waals surface area (Å²) < 4.78 is 23.5. The number of hydrogen-bond acceptors (Lipinski definition) is 2. The maximum absolute atomic E-state index is 12.8. The Hall–Kier alpha value is -1.25. The van der Waals surface area contributed by atoms with Crippen molar-refractivity contribution in [2.24, 2.45) is 0 Å². The van der Waals surface area contributed by atoms with Crippen LogP contribution in [0.3, 0.4) is 0 Å². The summed E-state index contributed by atoms with van der Waals surface area (Å²) in [7, 11) is 0. The van der Waals surface area contributed by atoms with Gasteiger partial charge in [0.05, 0.1) is 12.7 Å². The van der Waals surface area contributed by atoms with Gasteiger partial charge in [0.25, 0.3) is 0 Å². The van der Waals surface area contributed by atoms with E-state index in [1.807, 2.05) is 20.8 Å². The first-order valence-electron chi connectivity index (χ1n) is 4.64. The minimum atomic E-state index is -0.441. The molecule has 0 bridgehead atoms. The van der Waals surface area contributed by atoms with Crippen LogP contribution in [0.2, 0.25) is 0 Å². The second kappa shape index (κ2) is 4.84. The fourth-order valence-corrected chi connectivity index (χ4v) is 1.05. The van der Waals surface area contributed by atoms with Gasteiger partial charge >= 0.3 is 0 Å². The molecule has 14 heavy (non-hydrogen) atoms. The maximum atomic E-state index is 12.8. The summed E-state index contributed by atoms with van der Waals surface area (Å²) in [4.78, 5) is 0. The maximum Gasteiger partial charge on any atom is 0.164 e. The van der Waals surface area contributed by atoms with Crippen LogP contribution < -0.4 is 9.47 Å². The molecule has 0 saturated carbocycles. The fraction of sp³-hybridized carbons (Fsp3) is 0.455. The topological polar surface area (TPSA) is 18.5 Å². The number of ether oxygens (including phenoxy) is 2. The zero-order valence-corrected chi connectivity index (χ0v) is 8.63. The van der Waals surface area contributed by atoms with Crippen molar-refractivity contribution in [1.29, 1.82) is 0 Å². The molecule has 1 aromatic carbocycles. The van der Waals surface area contributed by atoms with Gasteiger partial charge in [-0.25, -0.2) is 4.39 Å². The first kappa shape index (κ1) is 10.8. The van der Waals surface area contributed by atoms with Crippen LogP contribution in [-0.2, 0) is 0 Å². The van der Waals surface area contributed by atoms with Crippen LogP contribution in [0.15, 0.2) is 12.1 Å². The molecular weight excluding hydrogens is 183 g/mol. The molecule has 0 spiro atoms. The van der Waals surface area contributed by atoms with Crippen molar-refractivity contribution in [3.8, 4) is 11.5 Å². The molecule has 0 heterocycles. The Balaban J connectivity index is 2.90. The van der Waals surface area contributed by atoms with Crippen molar-refractivity contribution in [2.45, 2.75) is 26.9 Å². The fourth-order valence-electron chi connectivity index (χ4n) is 1.05. The van der Waals surface area contributed by atoms with Crippen LogP contribution in [0.25, 0.3) is 0 Å². The van der Waals surface area contributed by atoms with Crippen LogP contribution in [-0.4, -0.2) is 12.7 Å². The summed E-state index contributed by atoms with van der Waals surface area (Å²) in [6.45, 7) is 6.14. The Morgan fingerprint density at radius 2 is 2.14 bits per heavy atom. The van der Waals surface area contributed by atoms with E-state index in [4.69, 9.17) is 9.47 Å².